The summed E-state index contributed by atoms with van der Waals surface area (Å²) in [5.41, 5.74) is 11.5. The molecular formula is C19H22N4O. The van der Waals surface area contributed by atoms with E-state index in [1.54, 1.807) is 10.9 Å². The fourth-order valence-electron chi connectivity index (χ4n) is 3.08. The molecule has 1 heterocycles. The highest BCUT2D eigenvalue weighted by atomic mass is 16.2. The van der Waals surface area contributed by atoms with Crippen LogP contribution in [0.3, 0.4) is 0 Å². The standard InChI is InChI=1S/C19H22N4O/c1-11-7-12(2)18(13(3)8-11)22-19(24)14(4)23-17-9-16(20)6-5-15(17)10-21-23/h5-10,14H,20H2,1-4H3,(H,22,24). The fourth-order valence-corrected chi connectivity index (χ4v) is 3.08. The molecule has 5 nitrogen and oxygen atoms in total. The lowest BCUT2D eigenvalue weighted by atomic mass is 10.0. The first-order chi connectivity index (χ1) is 11.4. The van der Waals surface area contributed by atoms with Crippen molar-refractivity contribution in [1.82, 2.24) is 9.78 Å². The van der Waals surface area contributed by atoms with Gasteiger partial charge in [0, 0.05) is 16.8 Å². The molecule has 1 aromatic heterocycles. The van der Waals surface area contributed by atoms with Gasteiger partial charge in [-0.3, -0.25) is 9.48 Å². The molecule has 124 valence electrons. The molecule has 1 amide bonds. The average molecular weight is 322 g/mol. The number of anilines is 2. The van der Waals surface area contributed by atoms with Crippen molar-refractivity contribution < 1.29 is 4.79 Å². The molecule has 0 aliphatic heterocycles. The van der Waals surface area contributed by atoms with E-state index in [1.165, 1.54) is 5.56 Å². The number of nitrogens with one attached hydrogen (secondary N) is 1. The number of nitrogens with two attached hydrogens (primary N) is 1. The molecule has 0 aliphatic rings. The minimum atomic E-state index is -0.440. The van der Waals surface area contributed by atoms with Crippen LogP contribution in [0.4, 0.5) is 11.4 Å². The minimum absolute atomic E-state index is 0.0996. The van der Waals surface area contributed by atoms with E-state index in [9.17, 15) is 4.79 Å². The molecule has 3 N–H and O–H groups in total. The third-order valence-electron chi connectivity index (χ3n) is 4.29. The Kier molecular flexibility index (Phi) is 4.01. The van der Waals surface area contributed by atoms with E-state index >= 15 is 0 Å². The summed E-state index contributed by atoms with van der Waals surface area (Å²) >= 11 is 0. The third kappa shape index (κ3) is 2.85. The van der Waals surface area contributed by atoms with Gasteiger partial charge in [-0.15, -0.1) is 0 Å². The molecule has 0 bridgehead atoms. The molecule has 0 fully saturated rings. The maximum Gasteiger partial charge on any atom is 0.248 e. The number of aryl methyl sites for hydroxylation is 3. The van der Waals surface area contributed by atoms with E-state index in [2.05, 4.69) is 29.5 Å². The summed E-state index contributed by atoms with van der Waals surface area (Å²) in [5, 5.41) is 8.36. The zero-order valence-corrected chi connectivity index (χ0v) is 14.4. The van der Waals surface area contributed by atoms with E-state index in [0.29, 0.717) is 5.69 Å². The van der Waals surface area contributed by atoms with Crippen molar-refractivity contribution in [3.63, 3.8) is 0 Å². The number of carbonyl (C=O) groups is 1. The molecule has 0 saturated carbocycles. The molecule has 24 heavy (non-hydrogen) atoms. The van der Waals surface area contributed by atoms with Crippen molar-refractivity contribution >= 4 is 28.2 Å². The van der Waals surface area contributed by atoms with E-state index in [4.69, 9.17) is 5.73 Å². The summed E-state index contributed by atoms with van der Waals surface area (Å²) in [7, 11) is 0. The van der Waals surface area contributed by atoms with Gasteiger partial charge < -0.3 is 11.1 Å². The number of carbonyl (C=O) groups excluding carboxylic acids is 1. The van der Waals surface area contributed by atoms with Gasteiger partial charge in [0.1, 0.15) is 6.04 Å². The van der Waals surface area contributed by atoms with Crippen LogP contribution in [0.5, 0.6) is 0 Å². The number of hydrogen-bond donors (Lipinski definition) is 2. The van der Waals surface area contributed by atoms with Gasteiger partial charge in [0.2, 0.25) is 5.91 Å². The number of rotatable bonds is 3. The first-order valence-electron chi connectivity index (χ1n) is 7.98. The molecule has 3 aromatic rings. The number of nitrogens with zero attached hydrogens (tertiary/aromatic N) is 2. The van der Waals surface area contributed by atoms with Gasteiger partial charge in [0.15, 0.2) is 0 Å². The largest absolute Gasteiger partial charge is 0.399 e. The lowest BCUT2D eigenvalue weighted by Gasteiger charge is -2.17. The molecule has 0 saturated heterocycles. The monoisotopic (exact) mass is 322 g/mol. The predicted octanol–water partition coefficient (Wildman–Crippen LogP) is 3.74. The maximum absolute atomic E-state index is 12.7. The Balaban J connectivity index is 1.91. The topological polar surface area (TPSA) is 72.9 Å². The predicted molar refractivity (Wildman–Crippen MR) is 98.1 cm³/mol. The van der Waals surface area contributed by atoms with Crippen molar-refractivity contribution in [3.05, 3.63) is 53.2 Å². The first-order valence-corrected chi connectivity index (χ1v) is 7.98. The second kappa shape index (κ2) is 6.00. The van der Waals surface area contributed by atoms with Gasteiger partial charge in [-0.25, -0.2) is 0 Å². The van der Waals surface area contributed by atoms with Gasteiger partial charge in [-0.1, -0.05) is 17.7 Å². The highest BCUT2D eigenvalue weighted by molar-refractivity contribution is 5.96. The van der Waals surface area contributed by atoms with E-state index < -0.39 is 6.04 Å². The summed E-state index contributed by atoms with van der Waals surface area (Å²) in [4.78, 5) is 12.7. The number of nitrogen functional groups attached to an aromatic ring is 1. The second-order valence-corrected chi connectivity index (χ2v) is 6.35. The second-order valence-electron chi connectivity index (χ2n) is 6.35. The Morgan fingerprint density at radius 2 is 1.83 bits per heavy atom. The highest BCUT2D eigenvalue weighted by Crippen LogP contribution is 2.25. The smallest absolute Gasteiger partial charge is 0.248 e. The van der Waals surface area contributed by atoms with Crippen LogP contribution in [0.1, 0.15) is 29.7 Å². The van der Waals surface area contributed by atoms with Crippen LogP contribution in [0.2, 0.25) is 0 Å². The Morgan fingerprint density at radius 3 is 2.50 bits per heavy atom. The van der Waals surface area contributed by atoms with Gasteiger partial charge in [0.25, 0.3) is 0 Å². The Bertz CT molecular complexity index is 903. The van der Waals surface area contributed by atoms with Crippen molar-refractivity contribution in [2.45, 2.75) is 33.7 Å². The Morgan fingerprint density at radius 1 is 1.17 bits per heavy atom. The zero-order valence-electron chi connectivity index (χ0n) is 14.4. The Labute approximate surface area is 141 Å². The highest BCUT2D eigenvalue weighted by Gasteiger charge is 2.19. The lowest BCUT2D eigenvalue weighted by Crippen LogP contribution is -2.25. The lowest BCUT2D eigenvalue weighted by molar-refractivity contribution is -0.119. The number of aromatic nitrogens is 2. The van der Waals surface area contributed by atoms with Crippen molar-refractivity contribution in [2.75, 3.05) is 11.1 Å². The molecular weight excluding hydrogens is 300 g/mol. The summed E-state index contributed by atoms with van der Waals surface area (Å²) in [6, 6.07) is 9.28. The molecule has 5 heteroatoms. The average Bonchev–Trinajstić information content (AvgIpc) is 2.92. The molecule has 2 aromatic carbocycles. The summed E-state index contributed by atoms with van der Waals surface area (Å²) in [6.07, 6.45) is 1.75. The van der Waals surface area contributed by atoms with Gasteiger partial charge in [-0.05, 0) is 57.0 Å². The van der Waals surface area contributed by atoms with Crippen molar-refractivity contribution in [3.8, 4) is 0 Å². The van der Waals surface area contributed by atoms with Gasteiger partial charge in [-0.2, -0.15) is 5.10 Å². The number of benzene rings is 2. The van der Waals surface area contributed by atoms with Crippen LogP contribution in [-0.4, -0.2) is 15.7 Å². The van der Waals surface area contributed by atoms with Crippen LogP contribution in [0.15, 0.2) is 36.5 Å². The van der Waals surface area contributed by atoms with E-state index in [-0.39, 0.29) is 5.91 Å². The number of hydrogen-bond acceptors (Lipinski definition) is 3. The molecule has 3 rings (SSSR count). The summed E-state index contributed by atoms with van der Waals surface area (Å²) in [6.45, 7) is 7.90. The van der Waals surface area contributed by atoms with Gasteiger partial charge >= 0.3 is 0 Å². The van der Waals surface area contributed by atoms with Crippen molar-refractivity contribution in [1.29, 1.82) is 0 Å². The first kappa shape index (κ1) is 16.1. The number of fused-ring (bicyclic) bond motifs is 1. The van der Waals surface area contributed by atoms with Crippen molar-refractivity contribution in [2.24, 2.45) is 0 Å². The minimum Gasteiger partial charge on any atom is -0.399 e. The van der Waals surface area contributed by atoms with Gasteiger partial charge in [0.05, 0.1) is 11.7 Å². The summed E-state index contributed by atoms with van der Waals surface area (Å²) < 4.78 is 1.71. The quantitative estimate of drug-likeness (QED) is 0.721. The molecule has 1 atom stereocenters. The van der Waals surface area contributed by atoms with E-state index in [0.717, 1.165) is 27.7 Å². The summed E-state index contributed by atoms with van der Waals surface area (Å²) in [5.74, 6) is -0.0996. The van der Waals surface area contributed by atoms with Crippen LogP contribution in [-0.2, 0) is 4.79 Å². The van der Waals surface area contributed by atoms with E-state index in [1.807, 2.05) is 39.0 Å². The maximum atomic E-state index is 12.7. The van der Waals surface area contributed by atoms with Crippen LogP contribution in [0, 0.1) is 20.8 Å². The normalized spacial score (nSPS) is 12.3. The Hall–Kier alpha value is -2.82. The molecule has 0 spiro atoms. The molecule has 0 radical (unpaired) electrons. The zero-order chi connectivity index (χ0) is 17.4. The van der Waals surface area contributed by atoms with Crippen LogP contribution >= 0.6 is 0 Å². The van der Waals surface area contributed by atoms with Crippen LogP contribution < -0.4 is 11.1 Å². The molecule has 0 aliphatic carbocycles. The third-order valence-corrected chi connectivity index (χ3v) is 4.29. The SMILES string of the molecule is Cc1cc(C)c(NC(=O)C(C)n2ncc3ccc(N)cc32)c(C)c1. The number of amides is 1. The fraction of sp³-hybridized carbons (Fsp3) is 0.263. The molecule has 1 unspecified atom stereocenters. The van der Waals surface area contributed by atoms with Crippen LogP contribution in [0.25, 0.3) is 10.9 Å².